The van der Waals surface area contributed by atoms with Crippen LogP contribution in [0.4, 0.5) is 0 Å². The maximum absolute atomic E-state index is 13.3. The lowest BCUT2D eigenvalue weighted by Crippen LogP contribution is -2.22. The number of fused-ring (bicyclic) bond motifs is 1. The fraction of sp³-hybridized carbons (Fsp3) is 0.350. The van der Waals surface area contributed by atoms with Crippen LogP contribution in [0.3, 0.4) is 0 Å². The minimum Gasteiger partial charge on any atom is -0.496 e. The van der Waals surface area contributed by atoms with Gasteiger partial charge in [-0.05, 0) is 30.7 Å². The van der Waals surface area contributed by atoms with E-state index < -0.39 is 15.9 Å². The van der Waals surface area contributed by atoms with Crippen LogP contribution in [0.25, 0.3) is 0 Å². The summed E-state index contributed by atoms with van der Waals surface area (Å²) in [4.78, 5) is 13.5. The van der Waals surface area contributed by atoms with Crippen molar-refractivity contribution in [3.05, 3.63) is 47.5 Å². The van der Waals surface area contributed by atoms with Crippen molar-refractivity contribution in [2.24, 2.45) is 0 Å². The minimum atomic E-state index is -4.14. The standard InChI is InChI=1S/C20H23NO7S2/c1-14-13-16(28-12-11-27-10-9-25-2)19-17(18(14)26-3)20(22)21(30(19,23)24)29-15-7-5-4-6-8-15/h4-8,13H,9-12H2,1-3H3. The first-order valence-corrected chi connectivity index (χ1v) is 11.4. The van der Waals surface area contributed by atoms with Crippen LogP contribution in [-0.2, 0) is 19.5 Å². The predicted octanol–water partition coefficient (Wildman–Crippen LogP) is 2.90. The molecular formula is C20H23NO7S2. The molecule has 0 saturated carbocycles. The summed E-state index contributed by atoms with van der Waals surface area (Å²) in [5, 5.41) is 0. The average Bonchev–Trinajstić information content (AvgIpc) is 2.92. The van der Waals surface area contributed by atoms with Gasteiger partial charge >= 0.3 is 0 Å². The zero-order valence-electron chi connectivity index (χ0n) is 16.9. The molecule has 0 aliphatic carbocycles. The number of aryl methyl sites for hydroxylation is 1. The van der Waals surface area contributed by atoms with E-state index in [2.05, 4.69) is 0 Å². The van der Waals surface area contributed by atoms with E-state index in [0.717, 1.165) is 15.7 Å². The van der Waals surface area contributed by atoms with Crippen LogP contribution in [0.5, 0.6) is 11.5 Å². The summed E-state index contributed by atoms with van der Waals surface area (Å²) >= 11 is 0.840. The predicted molar refractivity (Wildman–Crippen MR) is 112 cm³/mol. The fourth-order valence-electron chi connectivity index (χ4n) is 2.98. The fourth-order valence-corrected chi connectivity index (χ4v) is 5.78. The quantitative estimate of drug-likeness (QED) is 0.401. The topological polar surface area (TPSA) is 91.4 Å². The molecule has 1 amide bonds. The van der Waals surface area contributed by atoms with Gasteiger partial charge in [-0.2, -0.15) is 12.1 Å². The van der Waals surface area contributed by atoms with Gasteiger partial charge in [0.2, 0.25) is 0 Å². The number of methoxy groups -OCH3 is 2. The average molecular weight is 454 g/mol. The van der Waals surface area contributed by atoms with Gasteiger partial charge in [-0.15, -0.1) is 0 Å². The van der Waals surface area contributed by atoms with E-state index in [9.17, 15) is 13.2 Å². The number of rotatable bonds is 10. The van der Waals surface area contributed by atoms with Crippen molar-refractivity contribution < 1.29 is 32.2 Å². The Labute approximate surface area is 180 Å². The van der Waals surface area contributed by atoms with E-state index in [-0.39, 0.29) is 35.2 Å². The third-order valence-electron chi connectivity index (χ3n) is 4.29. The van der Waals surface area contributed by atoms with Crippen molar-refractivity contribution in [3.63, 3.8) is 0 Å². The van der Waals surface area contributed by atoms with Gasteiger partial charge in [-0.1, -0.05) is 18.2 Å². The molecule has 8 nitrogen and oxygen atoms in total. The summed E-state index contributed by atoms with van der Waals surface area (Å²) in [5.41, 5.74) is 0.581. The van der Waals surface area contributed by atoms with Crippen LogP contribution in [0, 0.1) is 6.92 Å². The summed E-state index contributed by atoms with van der Waals surface area (Å²) in [6, 6.07) is 10.4. The Balaban J connectivity index is 1.93. The first-order chi connectivity index (χ1) is 14.4. The molecular weight excluding hydrogens is 430 g/mol. The van der Waals surface area contributed by atoms with E-state index >= 15 is 0 Å². The molecule has 162 valence electrons. The van der Waals surface area contributed by atoms with Crippen molar-refractivity contribution in [2.75, 3.05) is 40.6 Å². The lowest BCUT2D eigenvalue weighted by Gasteiger charge is -2.15. The molecule has 1 heterocycles. The number of hydrogen-bond acceptors (Lipinski definition) is 8. The van der Waals surface area contributed by atoms with Gasteiger partial charge in [-0.25, -0.2) is 0 Å². The molecule has 0 bridgehead atoms. The zero-order valence-corrected chi connectivity index (χ0v) is 18.5. The van der Waals surface area contributed by atoms with Crippen LogP contribution in [-0.4, -0.2) is 58.7 Å². The summed E-state index contributed by atoms with van der Waals surface area (Å²) < 4.78 is 48.6. The van der Waals surface area contributed by atoms with Crippen LogP contribution < -0.4 is 9.47 Å². The van der Waals surface area contributed by atoms with Crippen LogP contribution in [0.2, 0.25) is 0 Å². The van der Waals surface area contributed by atoms with E-state index in [1.165, 1.54) is 7.11 Å². The van der Waals surface area contributed by atoms with Gasteiger partial charge in [0.25, 0.3) is 15.9 Å². The number of carbonyl (C=O) groups excluding carboxylic acids is 1. The van der Waals surface area contributed by atoms with Gasteiger partial charge in [-0.3, -0.25) is 4.79 Å². The Morgan fingerprint density at radius 2 is 1.73 bits per heavy atom. The Morgan fingerprint density at radius 3 is 2.40 bits per heavy atom. The highest BCUT2D eigenvalue weighted by Crippen LogP contribution is 2.47. The van der Waals surface area contributed by atoms with Crippen LogP contribution in [0.1, 0.15) is 15.9 Å². The smallest absolute Gasteiger partial charge is 0.283 e. The monoisotopic (exact) mass is 453 g/mol. The number of ether oxygens (including phenoxy) is 4. The number of benzene rings is 2. The van der Waals surface area contributed by atoms with Crippen molar-refractivity contribution in [3.8, 4) is 11.5 Å². The molecule has 2 aromatic rings. The molecule has 0 unspecified atom stereocenters. The van der Waals surface area contributed by atoms with Crippen molar-refractivity contribution >= 4 is 27.9 Å². The highest BCUT2D eigenvalue weighted by Gasteiger charge is 2.47. The van der Waals surface area contributed by atoms with Gasteiger partial charge in [0.1, 0.15) is 28.6 Å². The lowest BCUT2D eigenvalue weighted by atomic mass is 10.1. The van der Waals surface area contributed by atoms with E-state index in [1.54, 1.807) is 44.4 Å². The Kier molecular flexibility index (Phi) is 7.24. The number of carbonyl (C=O) groups is 1. The second-order valence-corrected chi connectivity index (χ2v) is 9.30. The number of nitrogens with zero attached hydrogens (tertiary/aromatic N) is 1. The third-order valence-corrected chi connectivity index (χ3v) is 7.44. The molecule has 2 aromatic carbocycles. The SMILES string of the molecule is COCCOCCOc1cc(C)c(OC)c2c1S(=O)(=O)N(Sc1ccccc1)C2=O. The van der Waals surface area contributed by atoms with Crippen molar-refractivity contribution in [2.45, 2.75) is 16.7 Å². The summed E-state index contributed by atoms with van der Waals surface area (Å²) in [7, 11) is -1.17. The second kappa shape index (κ2) is 9.69. The van der Waals surface area contributed by atoms with Gasteiger partial charge in [0.15, 0.2) is 0 Å². The lowest BCUT2D eigenvalue weighted by molar-refractivity contribution is 0.0539. The van der Waals surface area contributed by atoms with E-state index in [1.807, 2.05) is 6.07 Å². The van der Waals surface area contributed by atoms with Gasteiger partial charge in [0.05, 0.1) is 26.9 Å². The molecule has 0 atom stereocenters. The molecule has 1 aliphatic rings. The largest absolute Gasteiger partial charge is 0.496 e. The van der Waals surface area contributed by atoms with Gasteiger partial charge < -0.3 is 18.9 Å². The Hall–Kier alpha value is -2.27. The van der Waals surface area contributed by atoms with Crippen LogP contribution >= 0.6 is 11.9 Å². The van der Waals surface area contributed by atoms with Crippen molar-refractivity contribution in [1.29, 1.82) is 0 Å². The molecule has 0 fully saturated rings. The maximum atomic E-state index is 13.3. The van der Waals surface area contributed by atoms with E-state index in [4.69, 9.17) is 18.9 Å². The highest BCUT2D eigenvalue weighted by molar-refractivity contribution is 8.09. The Bertz CT molecular complexity index is 1010. The minimum absolute atomic E-state index is 0.0174. The third kappa shape index (κ3) is 4.41. The first kappa shape index (κ1) is 22.4. The van der Waals surface area contributed by atoms with Crippen molar-refractivity contribution in [1.82, 2.24) is 3.71 Å². The maximum Gasteiger partial charge on any atom is 0.283 e. The number of hydrogen-bond donors (Lipinski definition) is 0. The number of amides is 1. The summed E-state index contributed by atoms with van der Waals surface area (Å²) in [5.74, 6) is -0.345. The summed E-state index contributed by atoms with van der Waals surface area (Å²) in [6.45, 7) is 2.95. The zero-order chi connectivity index (χ0) is 21.7. The molecule has 0 N–H and O–H groups in total. The molecule has 3 rings (SSSR count). The molecule has 0 radical (unpaired) electrons. The molecule has 0 aromatic heterocycles. The molecule has 1 aliphatic heterocycles. The second-order valence-electron chi connectivity index (χ2n) is 6.32. The Morgan fingerprint density at radius 1 is 1.03 bits per heavy atom. The van der Waals surface area contributed by atoms with E-state index in [0.29, 0.717) is 23.7 Å². The first-order valence-electron chi connectivity index (χ1n) is 9.15. The highest BCUT2D eigenvalue weighted by atomic mass is 32.3. The van der Waals surface area contributed by atoms with Gasteiger partial charge in [0, 0.05) is 24.0 Å². The summed E-state index contributed by atoms with van der Waals surface area (Å²) in [6.07, 6.45) is 0. The molecule has 0 saturated heterocycles. The molecule has 30 heavy (non-hydrogen) atoms. The molecule has 10 heteroatoms. The normalized spacial score (nSPS) is 14.6. The number of sulfonamides is 1. The molecule has 0 spiro atoms. The van der Waals surface area contributed by atoms with Crippen LogP contribution in [0.15, 0.2) is 46.2 Å².